The van der Waals surface area contributed by atoms with Crippen LogP contribution in [0.1, 0.15) is 12.0 Å². The SMILES string of the molecule is C=CC(=O)N1CCN(c2nc(=O)n3c4c(c(Cl)c(C(F)(F)F)cc24)SCCC3)CC1.c1ccncc1. The van der Waals surface area contributed by atoms with Crippen LogP contribution in [0.25, 0.3) is 10.9 Å². The van der Waals surface area contributed by atoms with Crippen LogP contribution in [0, 0.1) is 0 Å². The Kier molecular flexibility index (Phi) is 7.89. The van der Waals surface area contributed by atoms with Crippen molar-refractivity contribution in [3.8, 4) is 0 Å². The summed E-state index contributed by atoms with van der Waals surface area (Å²) in [7, 11) is 0. The molecule has 190 valence electrons. The molecule has 5 rings (SSSR count). The first-order chi connectivity index (χ1) is 17.2. The summed E-state index contributed by atoms with van der Waals surface area (Å²) < 4.78 is 42.5. The topological polar surface area (TPSA) is 71.3 Å². The van der Waals surface area contributed by atoms with Gasteiger partial charge < -0.3 is 9.80 Å². The third-order valence-corrected chi connectivity index (χ3v) is 7.53. The lowest BCUT2D eigenvalue weighted by atomic mass is 10.1. The molecule has 3 aromatic rings. The minimum Gasteiger partial charge on any atom is -0.352 e. The first-order valence-corrected chi connectivity index (χ1v) is 12.6. The van der Waals surface area contributed by atoms with E-state index >= 15 is 0 Å². The van der Waals surface area contributed by atoms with Crippen LogP contribution in [0.15, 0.2) is 59.0 Å². The van der Waals surface area contributed by atoms with Gasteiger partial charge in [0.25, 0.3) is 0 Å². The number of amides is 1. The highest BCUT2D eigenvalue weighted by Crippen LogP contribution is 2.46. The number of pyridine rings is 1. The van der Waals surface area contributed by atoms with Crippen molar-refractivity contribution in [2.75, 3.05) is 36.8 Å². The number of carbonyl (C=O) groups is 1. The molecule has 1 fully saturated rings. The Morgan fingerprint density at radius 3 is 2.36 bits per heavy atom. The number of aryl methyl sites for hydroxylation is 1. The molecule has 2 aliphatic rings. The molecule has 0 aliphatic carbocycles. The number of nitrogens with zero attached hydrogens (tertiary/aromatic N) is 5. The van der Waals surface area contributed by atoms with E-state index < -0.39 is 17.4 Å². The molecule has 1 saturated heterocycles. The molecule has 4 heterocycles. The second-order valence-electron chi connectivity index (χ2n) is 8.07. The lowest BCUT2D eigenvalue weighted by Gasteiger charge is -2.35. The second kappa shape index (κ2) is 10.9. The average molecular weight is 538 g/mol. The highest BCUT2D eigenvalue weighted by molar-refractivity contribution is 7.99. The fourth-order valence-electron chi connectivity index (χ4n) is 4.13. The van der Waals surface area contributed by atoms with E-state index in [1.165, 1.54) is 22.4 Å². The Bertz CT molecular complexity index is 1300. The lowest BCUT2D eigenvalue weighted by Crippen LogP contribution is -2.49. The van der Waals surface area contributed by atoms with Gasteiger partial charge in [-0.25, -0.2) is 4.79 Å². The summed E-state index contributed by atoms with van der Waals surface area (Å²) in [5, 5.41) is -0.132. The number of alkyl halides is 3. The first-order valence-electron chi connectivity index (χ1n) is 11.2. The molecule has 0 unspecified atom stereocenters. The van der Waals surface area contributed by atoms with Gasteiger partial charge >= 0.3 is 11.9 Å². The highest BCUT2D eigenvalue weighted by Gasteiger charge is 2.37. The maximum absolute atomic E-state index is 13.7. The molecule has 7 nitrogen and oxygen atoms in total. The Balaban J connectivity index is 0.000000445. The Morgan fingerprint density at radius 1 is 1.11 bits per heavy atom. The smallest absolute Gasteiger partial charge is 0.352 e. The van der Waals surface area contributed by atoms with E-state index in [2.05, 4.69) is 16.5 Å². The van der Waals surface area contributed by atoms with Crippen molar-refractivity contribution >= 4 is 46.0 Å². The molecule has 2 aliphatic heterocycles. The zero-order chi connectivity index (χ0) is 25.9. The third kappa shape index (κ3) is 5.36. The maximum atomic E-state index is 13.7. The predicted octanol–water partition coefficient (Wildman–Crippen LogP) is 4.48. The minimum atomic E-state index is -4.64. The molecular weight excluding hydrogens is 515 g/mol. The quantitative estimate of drug-likeness (QED) is 0.449. The van der Waals surface area contributed by atoms with Gasteiger partial charge in [-0.3, -0.25) is 14.3 Å². The van der Waals surface area contributed by atoms with Crippen LogP contribution in [0.3, 0.4) is 0 Å². The van der Waals surface area contributed by atoms with Crippen molar-refractivity contribution in [3.63, 3.8) is 0 Å². The van der Waals surface area contributed by atoms with E-state index in [4.69, 9.17) is 11.6 Å². The Hall–Kier alpha value is -3.05. The largest absolute Gasteiger partial charge is 0.417 e. The number of benzene rings is 1. The van der Waals surface area contributed by atoms with Crippen molar-refractivity contribution in [2.45, 2.75) is 24.0 Å². The lowest BCUT2D eigenvalue weighted by molar-refractivity contribution is -0.137. The summed E-state index contributed by atoms with van der Waals surface area (Å²) in [4.78, 5) is 36.1. The molecule has 0 bridgehead atoms. The van der Waals surface area contributed by atoms with Crippen molar-refractivity contribution in [1.82, 2.24) is 19.4 Å². The number of hydrogen-bond donors (Lipinski definition) is 0. The van der Waals surface area contributed by atoms with Crippen LogP contribution in [0.2, 0.25) is 5.02 Å². The van der Waals surface area contributed by atoms with Crippen molar-refractivity contribution in [1.29, 1.82) is 0 Å². The molecule has 0 radical (unpaired) electrons. The van der Waals surface area contributed by atoms with Crippen LogP contribution in [0.5, 0.6) is 0 Å². The first kappa shape index (κ1) is 26.0. The van der Waals surface area contributed by atoms with E-state index in [0.29, 0.717) is 50.4 Å². The van der Waals surface area contributed by atoms with Gasteiger partial charge in [-0.05, 0) is 36.4 Å². The van der Waals surface area contributed by atoms with Crippen LogP contribution < -0.4 is 10.6 Å². The van der Waals surface area contributed by atoms with Gasteiger partial charge in [-0.2, -0.15) is 18.2 Å². The summed E-state index contributed by atoms with van der Waals surface area (Å²) in [6.07, 6.45) is 0.707. The zero-order valence-corrected chi connectivity index (χ0v) is 20.7. The van der Waals surface area contributed by atoms with Gasteiger partial charge in [0, 0.05) is 50.5 Å². The molecule has 0 atom stereocenters. The van der Waals surface area contributed by atoms with Gasteiger partial charge in [0.15, 0.2) is 0 Å². The summed E-state index contributed by atoms with van der Waals surface area (Å²) in [6.45, 7) is 5.24. The zero-order valence-electron chi connectivity index (χ0n) is 19.2. The average Bonchev–Trinajstić information content (AvgIpc) is 3.12. The number of hydrogen-bond acceptors (Lipinski definition) is 6. The molecule has 12 heteroatoms. The fraction of sp³-hybridized carbons (Fsp3) is 0.333. The van der Waals surface area contributed by atoms with Crippen molar-refractivity contribution in [2.24, 2.45) is 0 Å². The van der Waals surface area contributed by atoms with Crippen LogP contribution in [-0.2, 0) is 17.5 Å². The number of carbonyl (C=O) groups excluding carboxylic acids is 1. The predicted molar refractivity (Wildman–Crippen MR) is 135 cm³/mol. The van der Waals surface area contributed by atoms with E-state index in [-0.39, 0.29) is 27.0 Å². The van der Waals surface area contributed by atoms with Crippen molar-refractivity contribution < 1.29 is 18.0 Å². The number of anilines is 1. The standard InChI is InChI=1S/C19H18ClF3N4O2S.C5H5N/c1-2-13(28)25-5-7-26(8-6-25)17-11-10-12(19(21,22)23)14(20)16-15(11)27(18(29)24-17)4-3-9-30-16;1-2-4-6-5-3-1/h2,10H,1,3-9H2;1-5H. The molecule has 1 aromatic carbocycles. The molecule has 0 saturated carbocycles. The van der Waals surface area contributed by atoms with Gasteiger partial charge in [0.05, 0.1) is 21.0 Å². The summed E-state index contributed by atoms with van der Waals surface area (Å²) in [5.41, 5.74) is -1.05. The van der Waals surface area contributed by atoms with Gasteiger partial charge in [0.2, 0.25) is 5.91 Å². The fourth-order valence-corrected chi connectivity index (χ4v) is 5.62. The highest BCUT2D eigenvalue weighted by atomic mass is 35.5. The molecule has 1 amide bonds. The molecule has 2 aromatic heterocycles. The molecule has 36 heavy (non-hydrogen) atoms. The minimum absolute atomic E-state index is 0.197. The van der Waals surface area contributed by atoms with E-state index in [1.54, 1.807) is 22.2 Å². The van der Waals surface area contributed by atoms with E-state index in [0.717, 1.165) is 6.07 Å². The number of aromatic nitrogens is 3. The van der Waals surface area contributed by atoms with Gasteiger partial charge in [0.1, 0.15) is 5.82 Å². The van der Waals surface area contributed by atoms with Crippen LogP contribution >= 0.6 is 23.4 Å². The normalized spacial score (nSPS) is 15.7. The summed E-state index contributed by atoms with van der Waals surface area (Å²) in [5.74, 6) is 0.538. The molecule has 0 spiro atoms. The maximum Gasteiger partial charge on any atom is 0.417 e. The summed E-state index contributed by atoms with van der Waals surface area (Å²) in [6, 6.07) is 6.71. The summed E-state index contributed by atoms with van der Waals surface area (Å²) >= 11 is 7.40. The van der Waals surface area contributed by atoms with Gasteiger partial charge in [-0.1, -0.05) is 24.2 Å². The Labute approximate surface area is 214 Å². The van der Waals surface area contributed by atoms with Crippen molar-refractivity contribution in [3.05, 3.63) is 70.4 Å². The van der Waals surface area contributed by atoms with E-state index in [9.17, 15) is 22.8 Å². The van der Waals surface area contributed by atoms with Gasteiger partial charge in [-0.15, -0.1) is 11.8 Å². The monoisotopic (exact) mass is 537 g/mol. The molecule has 0 N–H and O–H groups in total. The number of rotatable bonds is 2. The third-order valence-electron chi connectivity index (χ3n) is 5.85. The Morgan fingerprint density at radius 2 is 1.81 bits per heavy atom. The number of piperazine rings is 1. The number of halogens is 4. The van der Waals surface area contributed by atoms with E-state index in [1.807, 2.05) is 18.2 Å². The second-order valence-corrected chi connectivity index (χ2v) is 9.56. The van der Waals surface area contributed by atoms with Crippen LogP contribution in [-0.4, -0.2) is 57.3 Å². The van der Waals surface area contributed by atoms with Crippen LogP contribution in [0.4, 0.5) is 19.0 Å². The molecular formula is C24H23ClF3N5O2S. The number of thioether (sulfide) groups is 1.